The molecule has 0 aromatic heterocycles. The van der Waals surface area contributed by atoms with Gasteiger partial charge in [-0.25, -0.2) is 0 Å². The molecule has 6 heteroatoms. The van der Waals surface area contributed by atoms with Gasteiger partial charge < -0.3 is 19.9 Å². The van der Waals surface area contributed by atoms with Crippen LogP contribution >= 0.6 is 0 Å². The van der Waals surface area contributed by atoms with Crippen molar-refractivity contribution in [1.29, 1.82) is 0 Å². The molecule has 0 aliphatic carbocycles. The van der Waals surface area contributed by atoms with Gasteiger partial charge in [0.25, 0.3) is 0 Å². The van der Waals surface area contributed by atoms with E-state index in [1.54, 1.807) is 4.90 Å². The third kappa shape index (κ3) is 5.45. The quantitative estimate of drug-likeness (QED) is 0.740. The Hall–Kier alpha value is -1.14. The predicted octanol–water partition coefficient (Wildman–Crippen LogP) is 1.25. The van der Waals surface area contributed by atoms with Crippen molar-refractivity contribution in [2.24, 2.45) is 5.92 Å². The summed E-state index contributed by atoms with van der Waals surface area (Å²) in [5, 5.41) is 2.96. The van der Waals surface area contributed by atoms with Crippen LogP contribution in [0.3, 0.4) is 0 Å². The molecular weight excluding hydrogens is 306 g/mol. The summed E-state index contributed by atoms with van der Waals surface area (Å²) in [5.74, 6) is -0.144. The second-order valence-electron chi connectivity index (χ2n) is 8.09. The lowest BCUT2D eigenvalue weighted by Gasteiger charge is -2.31. The van der Waals surface area contributed by atoms with Gasteiger partial charge in [-0.2, -0.15) is 0 Å². The van der Waals surface area contributed by atoms with E-state index < -0.39 is 0 Å². The zero-order chi connectivity index (χ0) is 17.7. The number of hydrogen-bond acceptors (Lipinski definition) is 4. The minimum atomic E-state index is -0.216. The molecular formula is C18H33N3O3. The molecule has 6 nitrogen and oxygen atoms in total. The molecule has 2 amide bonds. The normalized spacial score (nSPS) is 23.8. The van der Waals surface area contributed by atoms with Crippen molar-refractivity contribution in [3.05, 3.63) is 0 Å². The summed E-state index contributed by atoms with van der Waals surface area (Å²) in [5.41, 5.74) is -0.214. The SMILES string of the molecule is CN1CCC(OCCCNC(=O)C2CC(=O)N(C(C)(C)C)C2)CC1. The van der Waals surface area contributed by atoms with E-state index in [0.29, 0.717) is 32.2 Å². The van der Waals surface area contributed by atoms with Gasteiger partial charge in [0.1, 0.15) is 0 Å². The highest BCUT2D eigenvalue weighted by atomic mass is 16.5. The molecule has 0 saturated carbocycles. The van der Waals surface area contributed by atoms with Crippen molar-refractivity contribution in [1.82, 2.24) is 15.1 Å². The molecule has 138 valence electrons. The van der Waals surface area contributed by atoms with Gasteiger partial charge in [0.2, 0.25) is 11.8 Å². The molecule has 2 fully saturated rings. The van der Waals surface area contributed by atoms with Crippen molar-refractivity contribution in [3.63, 3.8) is 0 Å². The van der Waals surface area contributed by atoms with Gasteiger partial charge in [0, 0.05) is 44.7 Å². The van der Waals surface area contributed by atoms with Crippen molar-refractivity contribution < 1.29 is 14.3 Å². The highest BCUT2D eigenvalue weighted by molar-refractivity contribution is 5.89. The molecule has 0 spiro atoms. The first-order valence-electron chi connectivity index (χ1n) is 9.15. The third-order valence-electron chi connectivity index (χ3n) is 4.95. The predicted molar refractivity (Wildman–Crippen MR) is 93.7 cm³/mol. The number of amides is 2. The first kappa shape index (κ1) is 19.2. The molecule has 1 unspecified atom stereocenters. The van der Waals surface area contributed by atoms with Gasteiger partial charge in [-0.05, 0) is 47.1 Å². The second-order valence-corrected chi connectivity index (χ2v) is 8.09. The Kier molecular flexibility index (Phi) is 6.63. The number of hydrogen-bond donors (Lipinski definition) is 1. The van der Waals surface area contributed by atoms with E-state index in [0.717, 1.165) is 32.4 Å². The van der Waals surface area contributed by atoms with Crippen molar-refractivity contribution >= 4 is 11.8 Å². The first-order valence-corrected chi connectivity index (χ1v) is 9.15. The molecule has 2 aliphatic heterocycles. The van der Waals surface area contributed by atoms with Crippen LogP contribution in [-0.2, 0) is 14.3 Å². The Balaban J connectivity index is 1.59. The highest BCUT2D eigenvalue weighted by Gasteiger charge is 2.39. The van der Waals surface area contributed by atoms with Gasteiger partial charge in [-0.15, -0.1) is 0 Å². The Morgan fingerprint density at radius 1 is 1.29 bits per heavy atom. The van der Waals surface area contributed by atoms with Crippen LogP contribution in [0.15, 0.2) is 0 Å². The standard InChI is InChI=1S/C18H33N3O3/c1-18(2,3)21-13-14(12-16(21)22)17(23)19-8-5-11-24-15-6-9-20(4)10-7-15/h14-15H,5-13H2,1-4H3,(H,19,23). The van der Waals surface area contributed by atoms with E-state index in [2.05, 4.69) is 17.3 Å². The first-order chi connectivity index (χ1) is 11.3. The lowest BCUT2D eigenvalue weighted by Crippen LogP contribution is -2.43. The van der Waals surface area contributed by atoms with Gasteiger partial charge in [0.15, 0.2) is 0 Å². The summed E-state index contributed by atoms with van der Waals surface area (Å²) in [7, 11) is 2.14. The molecule has 0 radical (unpaired) electrons. The minimum absolute atomic E-state index is 0.00519. The maximum Gasteiger partial charge on any atom is 0.225 e. The largest absolute Gasteiger partial charge is 0.378 e. The molecule has 1 atom stereocenters. The fourth-order valence-electron chi connectivity index (χ4n) is 3.36. The number of rotatable bonds is 6. The van der Waals surface area contributed by atoms with Crippen LogP contribution in [-0.4, -0.2) is 73.1 Å². The minimum Gasteiger partial charge on any atom is -0.378 e. The summed E-state index contributed by atoms with van der Waals surface area (Å²) in [6.07, 6.45) is 3.70. The topological polar surface area (TPSA) is 61.9 Å². The molecule has 0 aromatic rings. The molecule has 24 heavy (non-hydrogen) atoms. The lowest BCUT2D eigenvalue weighted by atomic mass is 10.1. The number of carbonyl (C=O) groups is 2. The van der Waals surface area contributed by atoms with Gasteiger partial charge >= 0.3 is 0 Å². The van der Waals surface area contributed by atoms with Crippen LogP contribution in [0, 0.1) is 5.92 Å². The summed E-state index contributed by atoms with van der Waals surface area (Å²) in [6, 6.07) is 0. The molecule has 2 heterocycles. The van der Waals surface area contributed by atoms with Gasteiger partial charge in [0.05, 0.1) is 12.0 Å². The number of piperidine rings is 1. The fourth-order valence-corrected chi connectivity index (χ4v) is 3.36. The van der Waals surface area contributed by atoms with Crippen molar-refractivity contribution in [2.75, 3.05) is 39.8 Å². The van der Waals surface area contributed by atoms with E-state index in [1.165, 1.54) is 0 Å². The van der Waals surface area contributed by atoms with Crippen LogP contribution in [0.2, 0.25) is 0 Å². The maximum atomic E-state index is 12.2. The zero-order valence-electron chi connectivity index (χ0n) is 15.6. The Labute approximate surface area is 145 Å². The Morgan fingerprint density at radius 3 is 2.54 bits per heavy atom. The van der Waals surface area contributed by atoms with Gasteiger partial charge in [-0.3, -0.25) is 9.59 Å². The van der Waals surface area contributed by atoms with Crippen LogP contribution < -0.4 is 5.32 Å². The van der Waals surface area contributed by atoms with Crippen LogP contribution in [0.4, 0.5) is 0 Å². The fraction of sp³-hybridized carbons (Fsp3) is 0.889. The molecule has 0 aromatic carbocycles. The summed E-state index contributed by atoms with van der Waals surface area (Å²) < 4.78 is 5.88. The smallest absolute Gasteiger partial charge is 0.225 e. The molecule has 1 N–H and O–H groups in total. The maximum absolute atomic E-state index is 12.2. The number of nitrogens with one attached hydrogen (secondary N) is 1. The van der Waals surface area contributed by atoms with Crippen LogP contribution in [0.1, 0.15) is 46.5 Å². The Bertz CT molecular complexity index is 439. The Morgan fingerprint density at radius 2 is 1.96 bits per heavy atom. The number of likely N-dealkylation sites (tertiary alicyclic amines) is 2. The van der Waals surface area contributed by atoms with Crippen molar-refractivity contribution in [2.45, 2.75) is 58.1 Å². The zero-order valence-corrected chi connectivity index (χ0v) is 15.6. The number of carbonyl (C=O) groups excluding carboxylic acids is 2. The van der Waals surface area contributed by atoms with Crippen molar-refractivity contribution in [3.8, 4) is 0 Å². The van der Waals surface area contributed by atoms with Crippen LogP contribution in [0.25, 0.3) is 0 Å². The van der Waals surface area contributed by atoms with E-state index in [4.69, 9.17) is 4.74 Å². The number of ether oxygens (including phenoxy) is 1. The number of nitrogens with zero attached hydrogens (tertiary/aromatic N) is 2. The lowest BCUT2D eigenvalue weighted by molar-refractivity contribution is -0.132. The van der Waals surface area contributed by atoms with Gasteiger partial charge in [-0.1, -0.05) is 0 Å². The van der Waals surface area contributed by atoms with E-state index in [-0.39, 0.29) is 23.3 Å². The molecule has 0 bridgehead atoms. The van der Waals surface area contributed by atoms with Crippen LogP contribution in [0.5, 0.6) is 0 Å². The molecule has 2 saturated heterocycles. The average Bonchev–Trinajstić information content (AvgIpc) is 2.91. The van der Waals surface area contributed by atoms with E-state index in [9.17, 15) is 9.59 Å². The summed E-state index contributed by atoms with van der Waals surface area (Å²) >= 11 is 0. The monoisotopic (exact) mass is 339 g/mol. The molecule has 2 aliphatic rings. The van der Waals surface area contributed by atoms with E-state index in [1.807, 2.05) is 20.8 Å². The second kappa shape index (κ2) is 8.30. The average molecular weight is 339 g/mol. The summed E-state index contributed by atoms with van der Waals surface area (Å²) in [6.45, 7) is 10.0. The molecule has 2 rings (SSSR count). The van der Waals surface area contributed by atoms with E-state index >= 15 is 0 Å². The third-order valence-corrected chi connectivity index (χ3v) is 4.95. The highest BCUT2D eigenvalue weighted by Crippen LogP contribution is 2.25. The summed E-state index contributed by atoms with van der Waals surface area (Å²) in [4.78, 5) is 28.4.